The highest BCUT2D eigenvalue weighted by atomic mass is 19.4. The highest BCUT2D eigenvalue weighted by Crippen LogP contribution is 2.31. The van der Waals surface area contributed by atoms with Crippen molar-refractivity contribution in [3.8, 4) is 0 Å². The number of halogens is 4. The predicted octanol–water partition coefficient (Wildman–Crippen LogP) is 4.34. The number of anilines is 1. The van der Waals surface area contributed by atoms with Crippen LogP contribution in [-0.2, 0) is 17.4 Å². The molecule has 6 heteroatoms. The maximum absolute atomic E-state index is 13.8. The second kappa shape index (κ2) is 6.40. The van der Waals surface area contributed by atoms with Crippen molar-refractivity contribution >= 4 is 12.1 Å². The molecule has 0 saturated carbocycles. The number of carbonyl (C=O) groups excluding carboxylic acids is 1. The van der Waals surface area contributed by atoms with Gasteiger partial charge in [-0.1, -0.05) is 18.2 Å². The van der Waals surface area contributed by atoms with Crippen LogP contribution < -0.4 is 4.90 Å². The zero-order valence-electron chi connectivity index (χ0n) is 12.6. The molecule has 0 aliphatic carbocycles. The van der Waals surface area contributed by atoms with Gasteiger partial charge in [-0.05, 0) is 48.2 Å². The smallest absolute Gasteiger partial charge is 0.318 e. The molecule has 0 radical (unpaired) electrons. The molecule has 0 aromatic heterocycles. The van der Waals surface area contributed by atoms with Crippen molar-refractivity contribution in [2.24, 2.45) is 0 Å². The van der Waals surface area contributed by atoms with Gasteiger partial charge >= 0.3 is 6.18 Å². The number of amides is 1. The lowest BCUT2D eigenvalue weighted by molar-refractivity contribution is -0.137. The van der Waals surface area contributed by atoms with Gasteiger partial charge in [-0.25, -0.2) is 4.39 Å². The highest BCUT2D eigenvalue weighted by Gasteiger charge is 2.30. The monoisotopic (exact) mass is 325 g/mol. The fourth-order valence-electron chi connectivity index (χ4n) is 2.40. The predicted molar refractivity (Wildman–Crippen MR) is 79.9 cm³/mol. The van der Waals surface area contributed by atoms with E-state index in [0.29, 0.717) is 28.8 Å². The lowest BCUT2D eigenvalue weighted by Gasteiger charge is -2.17. The third-order valence-corrected chi connectivity index (χ3v) is 3.64. The van der Waals surface area contributed by atoms with Crippen LogP contribution in [0.4, 0.5) is 23.2 Å². The standard InChI is InChI=1S/C17H15F4NO/c1-11-13(8-15(18)9-16(11)22(2)10-23)6-12-4-3-5-14(7-12)17(19,20)21/h3-5,7-10H,6H2,1-2H3. The molecular formula is C17H15F4NO. The molecule has 1 amide bonds. The molecule has 0 N–H and O–H groups in total. The summed E-state index contributed by atoms with van der Waals surface area (Å²) in [6, 6.07) is 7.42. The van der Waals surface area contributed by atoms with Gasteiger partial charge in [0.25, 0.3) is 0 Å². The van der Waals surface area contributed by atoms with E-state index < -0.39 is 17.6 Å². The average molecular weight is 325 g/mol. The first-order valence-electron chi connectivity index (χ1n) is 6.85. The summed E-state index contributed by atoms with van der Waals surface area (Å²) in [6.45, 7) is 1.71. The Hall–Kier alpha value is -2.37. The Morgan fingerprint density at radius 3 is 2.48 bits per heavy atom. The number of alkyl halides is 3. The zero-order chi connectivity index (χ0) is 17.2. The molecular weight excluding hydrogens is 310 g/mol. The summed E-state index contributed by atoms with van der Waals surface area (Å²) >= 11 is 0. The first-order valence-corrected chi connectivity index (χ1v) is 6.85. The number of nitrogens with zero attached hydrogens (tertiary/aromatic N) is 1. The Morgan fingerprint density at radius 2 is 1.87 bits per heavy atom. The topological polar surface area (TPSA) is 20.3 Å². The van der Waals surface area contributed by atoms with Crippen LogP contribution in [0.15, 0.2) is 36.4 Å². The van der Waals surface area contributed by atoms with Gasteiger partial charge < -0.3 is 4.90 Å². The highest BCUT2D eigenvalue weighted by molar-refractivity contribution is 5.76. The quantitative estimate of drug-likeness (QED) is 0.605. The van der Waals surface area contributed by atoms with E-state index in [0.717, 1.165) is 12.1 Å². The maximum atomic E-state index is 13.8. The van der Waals surface area contributed by atoms with E-state index in [4.69, 9.17) is 0 Å². The Morgan fingerprint density at radius 1 is 1.17 bits per heavy atom. The van der Waals surface area contributed by atoms with Gasteiger partial charge in [0, 0.05) is 12.7 Å². The van der Waals surface area contributed by atoms with Crippen LogP contribution in [-0.4, -0.2) is 13.5 Å². The van der Waals surface area contributed by atoms with Crippen LogP contribution in [0, 0.1) is 12.7 Å². The number of hydrogen-bond acceptors (Lipinski definition) is 1. The zero-order valence-corrected chi connectivity index (χ0v) is 12.6. The fourth-order valence-corrected chi connectivity index (χ4v) is 2.40. The number of carbonyl (C=O) groups is 1. The third kappa shape index (κ3) is 3.88. The summed E-state index contributed by atoms with van der Waals surface area (Å²) in [6.07, 6.45) is -3.72. The Labute approximate surface area is 131 Å². The van der Waals surface area contributed by atoms with E-state index >= 15 is 0 Å². The SMILES string of the molecule is Cc1c(Cc2cccc(C(F)(F)F)c2)cc(F)cc1N(C)C=O. The molecule has 0 atom stereocenters. The summed E-state index contributed by atoms with van der Waals surface area (Å²) < 4.78 is 52.0. The second-order valence-electron chi connectivity index (χ2n) is 5.30. The van der Waals surface area contributed by atoms with Gasteiger partial charge in [0.2, 0.25) is 6.41 Å². The van der Waals surface area contributed by atoms with Crippen LogP contribution in [0.3, 0.4) is 0 Å². The number of benzene rings is 2. The molecule has 122 valence electrons. The summed E-state index contributed by atoms with van der Waals surface area (Å²) in [4.78, 5) is 12.1. The minimum absolute atomic E-state index is 0.146. The molecule has 23 heavy (non-hydrogen) atoms. The van der Waals surface area contributed by atoms with Crippen LogP contribution in [0.5, 0.6) is 0 Å². The van der Waals surface area contributed by atoms with E-state index in [9.17, 15) is 22.4 Å². The molecule has 2 rings (SSSR count). The van der Waals surface area contributed by atoms with E-state index in [2.05, 4.69) is 0 Å². The van der Waals surface area contributed by atoms with E-state index in [-0.39, 0.29) is 6.42 Å². The Bertz CT molecular complexity index is 725. The molecule has 2 nitrogen and oxygen atoms in total. The maximum Gasteiger partial charge on any atom is 0.416 e. The van der Waals surface area contributed by atoms with Gasteiger partial charge in [-0.2, -0.15) is 13.2 Å². The molecule has 0 saturated heterocycles. The van der Waals surface area contributed by atoms with E-state index in [1.54, 1.807) is 13.0 Å². The van der Waals surface area contributed by atoms with Crippen molar-refractivity contribution in [2.75, 3.05) is 11.9 Å². The molecule has 0 bridgehead atoms. The normalized spacial score (nSPS) is 11.4. The van der Waals surface area contributed by atoms with Gasteiger partial charge in [0.05, 0.1) is 5.56 Å². The average Bonchev–Trinajstić information content (AvgIpc) is 2.49. The van der Waals surface area contributed by atoms with Gasteiger partial charge in [0.15, 0.2) is 0 Å². The van der Waals surface area contributed by atoms with Crippen LogP contribution >= 0.6 is 0 Å². The number of hydrogen-bond donors (Lipinski definition) is 0. The first-order chi connectivity index (χ1) is 10.7. The van der Waals surface area contributed by atoms with Crippen molar-refractivity contribution in [1.82, 2.24) is 0 Å². The van der Waals surface area contributed by atoms with Gasteiger partial charge in [-0.15, -0.1) is 0 Å². The third-order valence-electron chi connectivity index (χ3n) is 3.64. The molecule has 2 aromatic carbocycles. The Kier molecular flexibility index (Phi) is 4.73. The summed E-state index contributed by atoms with van der Waals surface area (Å²) in [5, 5.41) is 0. The summed E-state index contributed by atoms with van der Waals surface area (Å²) in [5.74, 6) is -0.540. The summed E-state index contributed by atoms with van der Waals surface area (Å²) in [5.41, 5.74) is 1.26. The van der Waals surface area contributed by atoms with Crippen molar-refractivity contribution in [3.05, 3.63) is 64.5 Å². The minimum atomic E-state index is -4.42. The molecule has 0 heterocycles. The molecule has 0 aliphatic heterocycles. The molecule has 2 aromatic rings. The van der Waals surface area contributed by atoms with Crippen molar-refractivity contribution < 1.29 is 22.4 Å². The molecule has 0 spiro atoms. The minimum Gasteiger partial charge on any atom is -0.318 e. The van der Waals surface area contributed by atoms with E-state index in [1.165, 1.54) is 30.1 Å². The van der Waals surface area contributed by atoms with Crippen molar-refractivity contribution in [1.29, 1.82) is 0 Å². The molecule has 0 unspecified atom stereocenters. The lowest BCUT2D eigenvalue weighted by atomic mass is 9.97. The van der Waals surface area contributed by atoms with Crippen LogP contribution in [0.2, 0.25) is 0 Å². The van der Waals surface area contributed by atoms with Gasteiger partial charge in [-0.3, -0.25) is 4.79 Å². The lowest BCUT2D eigenvalue weighted by Crippen LogP contribution is -2.16. The summed E-state index contributed by atoms with van der Waals surface area (Å²) in [7, 11) is 1.49. The van der Waals surface area contributed by atoms with Gasteiger partial charge in [0.1, 0.15) is 5.82 Å². The molecule has 0 fully saturated rings. The molecule has 0 aliphatic rings. The van der Waals surface area contributed by atoms with Crippen molar-refractivity contribution in [3.63, 3.8) is 0 Å². The Balaban J connectivity index is 2.41. The van der Waals surface area contributed by atoms with Crippen LogP contribution in [0.1, 0.15) is 22.3 Å². The fraction of sp³-hybridized carbons (Fsp3) is 0.235. The second-order valence-corrected chi connectivity index (χ2v) is 5.30. The largest absolute Gasteiger partial charge is 0.416 e. The van der Waals surface area contributed by atoms with Crippen molar-refractivity contribution in [2.45, 2.75) is 19.5 Å². The first kappa shape index (κ1) is 17.0. The van der Waals surface area contributed by atoms with Crippen LogP contribution in [0.25, 0.3) is 0 Å². The van der Waals surface area contributed by atoms with E-state index in [1.807, 2.05) is 0 Å². The number of rotatable bonds is 4.